The van der Waals surface area contributed by atoms with E-state index < -0.39 is 0 Å². The Bertz CT molecular complexity index is 853. The van der Waals surface area contributed by atoms with E-state index in [1.54, 1.807) is 17.0 Å². The maximum absolute atomic E-state index is 12.3. The second-order valence-electron chi connectivity index (χ2n) is 5.02. The molecule has 2 aromatic heterocycles. The molecule has 1 N–H and O–H groups in total. The van der Waals surface area contributed by atoms with Gasteiger partial charge in [-0.25, -0.2) is 4.79 Å². The number of anilines is 1. The summed E-state index contributed by atoms with van der Waals surface area (Å²) in [5, 5.41) is 12.8. The van der Waals surface area contributed by atoms with Crippen molar-refractivity contribution < 1.29 is 14.3 Å². The molecule has 3 rings (SSSR count). The smallest absolute Gasteiger partial charge is 0.409 e. The average Bonchev–Trinajstić information content (AvgIpc) is 3.16. The minimum Gasteiger partial charge on any atom is -0.453 e. The number of carbonyl (C=O) groups is 2. The van der Waals surface area contributed by atoms with Gasteiger partial charge in [-0.05, 0) is 40.0 Å². The fourth-order valence-electron chi connectivity index (χ4n) is 2.50. The van der Waals surface area contributed by atoms with Crippen molar-refractivity contribution in [3.8, 4) is 6.07 Å². The highest BCUT2D eigenvalue weighted by atomic mass is 79.9. The molecule has 0 fully saturated rings. The van der Waals surface area contributed by atoms with Crippen LogP contribution >= 0.6 is 38.6 Å². The highest BCUT2D eigenvalue weighted by molar-refractivity contribution is 9.11. The van der Waals surface area contributed by atoms with E-state index in [-0.39, 0.29) is 12.0 Å². The van der Waals surface area contributed by atoms with E-state index in [1.165, 1.54) is 29.8 Å². The molecule has 0 spiro atoms. The molecule has 0 radical (unpaired) electrons. The Balaban J connectivity index is 1.85. The first-order valence-electron chi connectivity index (χ1n) is 6.97. The summed E-state index contributed by atoms with van der Waals surface area (Å²) in [7, 11) is 1.35. The number of ether oxygens (including phenoxy) is 1. The van der Waals surface area contributed by atoms with Crippen molar-refractivity contribution >= 4 is 55.6 Å². The second-order valence-corrected chi connectivity index (χ2v) is 8.59. The summed E-state index contributed by atoms with van der Waals surface area (Å²) in [5.41, 5.74) is 1.40. The van der Waals surface area contributed by atoms with E-state index >= 15 is 0 Å². The molecule has 0 aliphatic carbocycles. The first kappa shape index (κ1) is 17.0. The van der Waals surface area contributed by atoms with Crippen molar-refractivity contribution in [3.63, 3.8) is 0 Å². The second kappa shape index (κ2) is 6.93. The summed E-state index contributed by atoms with van der Waals surface area (Å²) >= 11 is 5.99. The summed E-state index contributed by atoms with van der Waals surface area (Å²) in [6.07, 6.45) is 0.186. The number of amides is 2. The van der Waals surface area contributed by atoms with E-state index in [9.17, 15) is 14.9 Å². The molecule has 0 aromatic carbocycles. The van der Waals surface area contributed by atoms with E-state index in [0.29, 0.717) is 35.0 Å². The van der Waals surface area contributed by atoms with Gasteiger partial charge in [0.2, 0.25) is 0 Å². The zero-order valence-corrected chi connectivity index (χ0v) is 15.8. The molecule has 0 saturated carbocycles. The molecule has 9 heteroatoms. The Morgan fingerprint density at radius 2 is 2.21 bits per heavy atom. The number of carbonyl (C=O) groups excluding carboxylic acids is 2. The summed E-state index contributed by atoms with van der Waals surface area (Å²) in [6, 6.07) is 5.71. The Labute approximate surface area is 154 Å². The SMILES string of the molecule is COC(=O)N1CCc2c(sc(NC(=O)c3ccc(Br)s3)c2C#N)C1. The number of thiophene rings is 2. The van der Waals surface area contributed by atoms with Crippen LogP contribution in [0.1, 0.15) is 25.7 Å². The maximum atomic E-state index is 12.3. The van der Waals surface area contributed by atoms with E-state index in [2.05, 4.69) is 27.3 Å². The summed E-state index contributed by atoms with van der Waals surface area (Å²) in [6.45, 7) is 0.887. The predicted octanol–water partition coefficient (Wildman–Crippen LogP) is 3.82. The average molecular weight is 426 g/mol. The van der Waals surface area contributed by atoms with Crippen LogP contribution in [0.15, 0.2) is 15.9 Å². The summed E-state index contributed by atoms with van der Waals surface area (Å²) in [4.78, 5) is 27.0. The third-order valence-corrected chi connectivity index (χ3v) is 6.38. The first-order valence-corrected chi connectivity index (χ1v) is 9.40. The Morgan fingerprint density at radius 1 is 1.42 bits per heavy atom. The number of rotatable bonds is 2. The van der Waals surface area contributed by atoms with Crippen molar-refractivity contribution in [1.29, 1.82) is 5.26 Å². The number of fused-ring (bicyclic) bond motifs is 1. The molecule has 24 heavy (non-hydrogen) atoms. The van der Waals surface area contributed by atoms with Crippen LogP contribution in [-0.4, -0.2) is 30.6 Å². The minimum absolute atomic E-state index is 0.245. The van der Waals surface area contributed by atoms with Gasteiger partial charge in [0, 0.05) is 11.4 Å². The Kier molecular flexibility index (Phi) is 4.89. The molecule has 1 aliphatic heterocycles. The summed E-state index contributed by atoms with van der Waals surface area (Å²) in [5.74, 6) is -0.245. The lowest BCUT2D eigenvalue weighted by molar-refractivity contribution is 0.103. The Morgan fingerprint density at radius 3 is 2.83 bits per heavy atom. The number of methoxy groups -OCH3 is 1. The van der Waals surface area contributed by atoms with Crippen LogP contribution in [0.5, 0.6) is 0 Å². The number of hydrogen-bond acceptors (Lipinski definition) is 6. The van der Waals surface area contributed by atoms with Crippen LogP contribution in [0.4, 0.5) is 9.80 Å². The lowest BCUT2D eigenvalue weighted by Crippen LogP contribution is -2.35. The van der Waals surface area contributed by atoms with Gasteiger partial charge in [-0.3, -0.25) is 4.79 Å². The van der Waals surface area contributed by atoms with Crippen LogP contribution in [-0.2, 0) is 17.7 Å². The van der Waals surface area contributed by atoms with Gasteiger partial charge in [-0.15, -0.1) is 22.7 Å². The fourth-order valence-corrected chi connectivity index (χ4v) is 4.99. The zero-order valence-electron chi connectivity index (χ0n) is 12.6. The monoisotopic (exact) mass is 425 g/mol. The zero-order chi connectivity index (χ0) is 17.3. The van der Waals surface area contributed by atoms with Gasteiger partial charge in [0.05, 0.1) is 27.9 Å². The number of nitriles is 1. The topological polar surface area (TPSA) is 82.4 Å². The number of nitrogens with zero attached hydrogens (tertiary/aromatic N) is 2. The quantitative estimate of drug-likeness (QED) is 0.792. The van der Waals surface area contributed by atoms with Gasteiger partial charge in [-0.2, -0.15) is 5.26 Å². The van der Waals surface area contributed by atoms with Crippen LogP contribution < -0.4 is 5.32 Å². The maximum Gasteiger partial charge on any atom is 0.409 e. The lowest BCUT2D eigenvalue weighted by atomic mass is 10.0. The molecule has 124 valence electrons. The lowest BCUT2D eigenvalue weighted by Gasteiger charge is -2.25. The normalized spacial score (nSPS) is 13.1. The van der Waals surface area contributed by atoms with Crippen molar-refractivity contribution in [2.24, 2.45) is 0 Å². The Hall–Kier alpha value is -1.89. The van der Waals surface area contributed by atoms with E-state index in [4.69, 9.17) is 4.74 Å². The number of nitrogens with one attached hydrogen (secondary N) is 1. The van der Waals surface area contributed by atoms with Crippen LogP contribution in [0, 0.1) is 11.3 Å². The van der Waals surface area contributed by atoms with Crippen LogP contribution in [0.25, 0.3) is 0 Å². The van der Waals surface area contributed by atoms with Gasteiger partial charge in [-0.1, -0.05) is 0 Å². The molecule has 0 bridgehead atoms. The molecule has 2 amide bonds. The summed E-state index contributed by atoms with van der Waals surface area (Å²) < 4.78 is 5.61. The van der Waals surface area contributed by atoms with Crippen LogP contribution in [0.2, 0.25) is 0 Å². The van der Waals surface area contributed by atoms with Gasteiger partial charge < -0.3 is 15.0 Å². The molecule has 0 atom stereocenters. The molecule has 0 saturated heterocycles. The van der Waals surface area contributed by atoms with Crippen LogP contribution in [0.3, 0.4) is 0 Å². The molecule has 2 aromatic rings. The molecule has 0 unspecified atom stereocenters. The van der Waals surface area contributed by atoms with Gasteiger partial charge in [0.1, 0.15) is 11.1 Å². The van der Waals surface area contributed by atoms with Gasteiger partial charge in [0.25, 0.3) is 5.91 Å². The predicted molar refractivity (Wildman–Crippen MR) is 95.5 cm³/mol. The molecular weight excluding hydrogens is 414 g/mol. The molecule has 6 nitrogen and oxygen atoms in total. The molecule has 3 heterocycles. The van der Waals surface area contributed by atoms with Crippen molar-refractivity contribution in [2.75, 3.05) is 19.0 Å². The molecular formula is C15H12BrN3O3S2. The van der Waals surface area contributed by atoms with Crippen molar-refractivity contribution in [1.82, 2.24) is 4.90 Å². The first-order chi connectivity index (χ1) is 11.5. The van der Waals surface area contributed by atoms with Crippen molar-refractivity contribution in [2.45, 2.75) is 13.0 Å². The van der Waals surface area contributed by atoms with E-state index in [0.717, 1.165) is 14.2 Å². The largest absolute Gasteiger partial charge is 0.453 e. The third kappa shape index (κ3) is 3.17. The van der Waals surface area contributed by atoms with Crippen molar-refractivity contribution in [3.05, 3.63) is 36.8 Å². The third-order valence-electron chi connectivity index (χ3n) is 3.63. The van der Waals surface area contributed by atoms with Gasteiger partial charge in [0.15, 0.2) is 0 Å². The van der Waals surface area contributed by atoms with Gasteiger partial charge >= 0.3 is 6.09 Å². The molecule has 1 aliphatic rings. The number of hydrogen-bond donors (Lipinski definition) is 1. The fraction of sp³-hybridized carbons (Fsp3) is 0.267. The highest BCUT2D eigenvalue weighted by Gasteiger charge is 2.28. The minimum atomic E-state index is -0.387. The number of halogens is 1. The highest BCUT2D eigenvalue weighted by Crippen LogP contribution is 2.37. The van der Waals surface area contributed by atoms with E-state index in [1.807, 2.05) is 0 Å². The standard InChI is InChI=1S/C15H12BrN3O3S2/c1-22-15(21)19-5-4-8-9(6-17)14(24-11(8)7-19)18-13(20)10-2-3-12(16)23-10/h2-3H,4-5,7H2,1H3,(H,18,20).